The normalized spacial score (nSPS) is 10.9. The molecule has 0 radical (unpaired) electrons. The minimum absolute atomic E-state index is 0.719. The Morgan fingerprint density at radius 3 is 2.73 bits per heavy atom. The van der Waals surface area contributed by atoms with Gasteiger partial charge >= 0.3 is 0 Å². The van der Waals surface area contributed by atoms with Crippen molar-refractivity contribution >= 4 is 21.7 Å². The van der Waals surface area contributed by atoms with Crippen molar-refractivity contribution in [2.45, 2.75) is 0 Å². The van der Waals surface area contributed by atoms with Crippen LogP contribution in [0.5, 0.6) is 0 Å². The lowest BCUT2D eigenvalue weighted by molar-refractivity contribution is -0.607. The number of aromatic nitrogens is 2. The third-order valence-corrected chi connectivity index (χ3v) is 2.50. The minimum Gasteiger partial charge on any atom is -0.711 e. The standard InChI is InChI=1S/C12H8N2O/c15-14-7-10-6-5-9-3-1-2-4-11(9)12(10)13-8-14/h1-8H. The Morgan fingerprint density at radius 1 is 1.00 bits per heavy atom. The Morgan fingerprint density at radius 2 is 1.80 bits per heavy atom. The second kappa shape index (κ2) is 2.92. The smallest absolute Gasteiger partial charge is 0.289 e. The molecule has 0 spiro atoms. The molecule has 0 saturated heterocycles. The fourth-order valence-electron chi connectivity index (χ4n) is 1.81. The summed E-state index contributed by atoms with van der Waals surface area (Å²) in [5, 5.41) is 14.2. The van der Waals surface area contributed by atoms with Gasteiger partial charge in [-0.05, 0) is 22.5 Å². The van der Waals surface area contributed by atoms with Crippen molar-refractivity contribution in [1.82, 2.24) is 4.98 Å². The molecule has 0 amide bonds. The van der Waals surface area contributed by atoms with E-state index in [1.54, 1.807) is 0 Å². The van der Waals surface area contributed by atoms with E-state index in [1.807, 2.05) is 36.4 Å². The van der Waals surface area contributed by atoms with E-state index in [1.165, 1.54) is 12.5 Å². The van der Waals surface area contributed by atoms with Crippen molar-refractivity contribution in [3.05, 3.63) is 54.1 Å². The molecule has 0 saturated carbocycles. The monoisotopic (exact) mass is 196 g/mol. The highest BCUT2D eigenvalue weighted by molar-refractivity contribution is 6.04. The largest absolute Gasteiger partial charge is 0.711 e. The van der Waals surface area contributed by atoms with Gasteiger partial charge in [0.05, 0.1) is 5.39 Å². The van der Waals surface area contributed by atoms with Gasteiger partial charge in [0, 0.05) is 5.39 Å². The molecule has 3 nitrogen and oxygen atoms in total. The molecule has 15 heavy (non-hydrogen) atoms. The third-order valence-electron chi connectivity index (χ3n) is 2.50. The second-order valence-corrected chi connectivity index (χ2v) is 3.46. The van der Waals surface area contributed by atoms with Crippen molar-refractivity contribution in [2.24, 2.45) is 0 Å². The van der Waals surface area contributed by atoms with E-state index in [0.29, 0.717) is 0 Å². The molecule has 3 aromatic rings. The highest BCUT2D eigenvalue weighted by Gasteiger charge is 2.05. The van der Waals surface area contributed by atoms with Crippen LogP contribution >= 0.6 is 0 Å². The summed E-state index contributed by atoms with van der Waals surface area (Å²) in [4.78, 5) is 4.16. The lowest BCUT2D eigenvalue weighted by Crippen LogP contribution is -2.24. The average molecular weight is 196 g/mol. The van der Waals surface area contributed by atoms with Gasteiger partial charge in [-0.1, -0.05) is 24.3 Å². The molecular weight excluding hydrogens is 188 g/mol. The average Bonchev–Trinajstić information content (AvgIpc) is 2.28. The first kappa shape index (κ1) is 8.17. The molecule has 0 N–H and O–H groups in total. The van der Waals surface area contributed by atoms with Crippen LogP contribution in [0.1, 0.15) is 0 Å². The maximum Gasteiger partial charge on any atom is 0.289 e. The molecule has 0 aliphatic carbocycles. The van der Waals surface area contributed by atoms with E-state index in [-0.39, 0.29) is 0 Å². The van der Waals surface area contributed by atoms with E-state index < -0.39 is 0 Å². The SMILES string of the molecule is [O-][n+]1cnc2c(ccc3ccccc32)c1. The van der Waals surface area contributed by atoms with Gasteiger partial charge in [-0.15, -0.1) is 0 Å². The van der Waals surface area contributed by atoms with Crippen LogP contribution in [0, 0.1) is 5.21 Å². The van der Waals surface area contributed by atoms with Gasteiger partial charge < -0.3 is 5.21 Å². The van der Waals surface area contributed by atoms with Crippen LogP contribution in [0.2, 0.25) is 0 Å². The van der Waals surface area contributed by atoms with Gasteiger partial charge in [-0.2, -0.15) is 0 Å². The van der Waals surface area contributed by atoms with Crippen LogP contribution < -0.4 is 4.73 Å². The van der Waals surface area contributed by atoms with Gasteiger partial charge in [0.15, 0.2) is 5.52 Å². The molecule has 1 aromatic heterocycles. The summed E-state index contributed by atoms with van der Waals surface area (Å²) >= 11 is 0. The number of hydrogen-bond donors (Lipinski definition) is 0. The van der Waals surface area contributed by atoms with Crippen molar-refractivity contribution in [3.63, 3.8) is 0 Å². The van der Waals surface area contributed by atoms with E-state index in [4.69, 9.17) is 0 Å². The highest BCUT2D eigenvalue weighted by atomic mass is 16.5. The Kier molecular flexibility index (Phi) is 1.59. The maximum atomic E-state index is 11.1. The zero-order valence-electron chi connectivity index (χ0n) is 7.92. The first-order valence-electron chi connectivity index (χ1n) is 4.71. The van der Waals surface area contributed by atoms with E-state index in [2.05, 4.69) is 4.98 Å². The lowest BCUT2D eigenvalue weighted by Gasteiger charge is -2.01. The zero-order valence-corrected chi connectivity index (χ0v) is 7.92. The first-order valence-corrected chi connectivity index (χ1v) is 4.71. The summed E-state index contributed by atoms with van der Waals surface area (Å²) < 4.78 is 0.719. The number of benzene rings is 2. The molecule has 0 aliphatic rings. The molecule has 0 fully saturated rings. The topological polar surface area (TPSA) is 39.8 Å². The predicted octanol–water partition coefficient (Wildman–Crippen LogP) is 2.02. The Bertz CT molecular complexity index is 649. The van der Waals surface area contributed by atoms with Crippen molar-refractivity contribution in [3.8, 4) is 0 Å². The fourth-order valence-corrected chi connectivity index (χ4v) is 1.81. The molecule has 0 aliphatic heterocycles. The number of fused-ring (bicyclic) bond motifs is 3. The lowest BCUT2D eigenvalue weighted by atomic mass is 10.1. The molecule has 0 atom stereocenters. The zero-order chi connectivity index (χ0) is 10.3. The number of rotatable bonds is 0. The molecule has 1 heterocycles. The fraction of sp³-hybridized carbons (Fsp3) is 0. The summed E-state index contributed by atoms with van der Waals surface area (Å²) in [7, 11) is 0. The van der Waals surface area contributed by atoms with Gasteiger partial charge in [0.25, 0.3) is 6.33 Å². The van der Waals surface area contributed by atoms with Crippen LogP contribution in [0.25, 0.3) is 21.7 Å². The van der Waals surface area contributed by atoms with Crippen LogP contribution in [0.3, 0.4) is 0 Å². The van der Waals surface area contributed by atoms with Crippen molar-refractivity contribution in [1.29, 1.82) is 0 Å². The van der Waals surface area contributed by atoms with E-state index in [9.17, 15) is 5.21 Å². The Labute approximate surface area is 86.2 Å². The van der Waals surface area contributed by atoms with Crippen LogP contribution in [-0.2, 0) is 0 Å². The number of hydrogen-bond acceptors (Lipinski definition) is 2. The maximum absolute atomic E-state index is 11.1. The summed E-state index contributed by atoms with van der Waals surface area (Å²) in [6, 6.07) is 11.9. The predicted molar refractivity (Wildman–Crippen MR) is 58.2 cm³/mol. The molecule has 2 aromatic carbocycles. The van der Waals surface area contributed by atoms with Crippen LogP contribution in [-0.4, -0.2) is 4.98 Å². The molecule has 0 bridgehead atoms. The molecule has 3 rings (SSSR count). The van der Waals surface area contributed by atoms with E-state index >= 15 is 0 Å². The van der Waals surface area contributed by atoms with Crippen LogP contribution in [0.15, 0.2) is 48.9 Å². The third kappa shape index (κ3) is 1.21. The minimum atomic E-state index is 0.719. The van der Waals surface area contributed by atoms with Gasteiger partial charge in [0.1, 0.15) is 6.20 Å². The Balaban J connectivity index is 2.55. The molecular formula is C12H8N2O. The molecule has 72 valence electrons. The summed E-state index contributed by atoms with van der Waals surface area (Å²) in [6.07, 6.45) is 2.82. The van der Waals surface area contributed by atoms with E-state index in [0.717, 1.165) is 26.4 Å². The van der Waals surface area contributed by atoms with Crippen molar-refractivity contribution in [2.75, 3.05) is 0 Å². The second-order valence-electron chi connectivity index (χ2n) is 3.46. The quantitative estimate of drug-likeness (QED) is 0.313. The van der Waals surface area contributed by atoms with Crippen LogP contribution in [0.4, 0.5) is 0 Å². The highest BCUT2D eigenvalue weighted by Crippen LogP contribution is 2.21. The number of nitrogens with zero attached hydrogens (tertiary/aromatic N) is 2. The molecule has 0 unspecified atom stereocenters. The van der Waals surface area contributed by atoms with Gasteiger partial charge in [-0.3, -0.25) is 0 Å². The first-order chi connectivity index (χ1) is 7.34. The molecule has 3 heteroatoms. The van der Waals surface area contributed by atoms with Crippen molar-refractivity contribution < 1.29 is 4.73 Å². The van der Waals surface area contributed by atoms with Gasteiger partial charge in [-0.25, -0.2) is 4.73 Å². The summed E-state index contributed by atoms with van der Waals surface area (Å²) in [5.41, 5.74) is 0.875. The Hall–Kier alpha value is -2.16. The summed E-state index contributed by atoms with van der Waals surface area (Å²) in [5.74, 6) is 0. The summed E-state index contributed by atoms with van der Waals surface area (Å²) in [6.45, 7) is 0. The van der Waals surface area contributed by atoms with Gasteiger partial charge in [0.2, 0.25) is 0 Å².